The van der Waals surface area contributed by atoms with Crippen molar-refractivity contribution in [1.82, 2.24) is 10.4 Å². The number of nitrogens with one attached hydrogen (secondary N) is 1. The highest BCUT2D eigenvalue weighted by atomic mass is 16.2. The van der Waals surface area contributed by atoms with Crippen LogP contribution in [0.25, 0.3) is 0 Å². The minimum atomic E-state index is -0.503. The van der Waals surface area contributed by atoms with Crippen LogP contribution in [0.2, 0.25) is 0 Å². The molecule has 0 aliphatic heterocycles. The van der Waals surface area contributed by atoms with E-state index in [0.29, 0.717) is 6.42 Å². The minimum absolute atomic E-state index is 0.278. The molecule has 0 bridgehead atoms. The Morgan fingerprint density at radius 1 is 1.53 bits per heavy atom. The summed E-state index contributed by atoms with van der Waals surface area (Å²) in [5.74, 6) is 8.90. The zero-order valence-electron chi connectivity index (χ0n) is 8.64. The van der Waals surface area contributed by atoms with Gasteiger partial charge in [0.1, 0.15) is 0 Å². The van der Waals surface area contributed by atoms with Crippen LogP contribution in [0.15, 0.2) is 12.2 Å². The van der Waals surface area contributed by atoms with E-state index in [1.54, 1.807) is 6.08 Å². The van der Waals surface area contributed by atoms with E-state index in [1.165, 1.54) is 7.05 Å². The predicted molar refractivity (Wildman–Crippen MR) is 54.6 cm³/mol. The number of rotatable bonds is 2. The molecule has 6 heteroatoms. The van der Waals surface area contributed by atoms with Crippen molar-refractivity contribution in [2.45, 2.75) is 12.8 Å². The third kappa shape index (κ3) is 2.54. The van der Waals surface area contributed by atoms with Gasteiger partial charge < -0.3 is 0 Å². The van der Waals surface area contributed by atoms with E-state index in [-0.39, 0.29) is 11.8 Å². The first-order chi connectivity index (χ1) is 7.07. The number of carbonyl (C=O) groups is 2. The molecule has 2 unspecified atom stereocenters. The van der Waals surface area contributed by atoms with Crippen molar-refractivity contribution < 1.29 is 9.59 Å². The van der Waals surface area contributed by atoms with Crippen molar-refractivity contribution in [1.29, 1.82) is 0 Å². The van der Waals surface area contributed by atoms with E-state index < -0.39 is 11.8 Å². The summed E-state index contributed by atoms with van der Waals surface area (Å²) in [4.78, 5) is 23.1. The van der Waals surface area contributed by atoms with Gasteiger partial charge in [-0.05, 0) is 12.8 Å². The maximum Gasteiger partial charge on any atom is 0.243 e. The maximum absolute atomic E-state index is 11.7. The van der Waals surface area contributed by atoms with Crippen LogP contribution < -0.4 is 17.1 Å². The molecule has 6 nitrogen and oxygen atoms in total. The Hall–Kier alpha value is -1.40. The van der Waals surface area contributed by atoms with Gasteiger partial charge in [-0.15, -0.1) is 0 Å². The largest absolute Gasteiger partial charge is 0.294 e. The van der Waals surface area contributed by atoms with Crippen LogP contribution in [-0.2, 0) is 9.59 Å². The second-order valence-electron chi connectivity index (χ2n) is 3.60. The summed E-state index contributed by atoms with van der Waals surface area (Å²) >= 11 is 0. The number of nitrogens with zero attached hydrogens (tertiary/aromatic N) is 1. The van der Waals surface area contributed by atoms with Gasteiger partial charge in [-0.2, -0.15) is 0 Å². The zero-order valence-corrected chi connectivity index (χ0v) is 8.64. The van der Waals surface area contributed by atoms with Gasteiger partial charge in [0.2, 0.25) is 11.8 Å². The van der Waals surface area contributed by atoms with E-state index in [2.05, 4.69) is 5.43 Å². The SMILES string of the molecule is CN(N)C(=O)C1C=CCCC1C(=O)NN. The van der Waals surface area contributed by atoms with E-state index >= 15 is 0 Å². The first-order valence-electron chi connectivity index (χ1n) is 4.77. The third-order valence-corrected chi connectivity index (χ3v) is 2.53. The van der Waals surface area contributed by atoms with E-state index in [1.807, 2.05) is 6.08 Å². The number of amides is 2. The average Bonchev–Trinajstić information content (AvgIpc) is 2.27. The Balaban J connectivity index is 2.82. The number of hydrogen-bond donors (Lipinski definition) is 3. The molecule has 2 amide bonds. The molecule has 1 aliphatic carbocycles. The molecule has 1 rings (SSSR count). The summed E-state index contributed by atoms with van der Waals surface area (Å²) in [6.07, 6.45) is 4.99. The molecule has 0 aromatic rings. The summed E-state index contributed by atoms with van der Waals surface area (Å²) in [5, 5.41) is 0.997. The highest BCUT2D eigenvalue weighted by Gasteiger charge is 2.33. The van der Waals surface area contributed by atoms with Gasteiger partial charge in [0.25, 0.3) is 0 Å². The highest BCUT2D eigenvalue weighted by Crippen LogP contribution is 2.25. The average molecular weight is 212 g/mol. The first-order valence-corrected chi connectivity index (χ1v) is 4.77. The number of carbonyl (C=O) groups excluding carboxylic acids is 2. The van der Waals surface area contributed by atoms with Crippen LogP contribution in [0.5, 0.6) is 0 Å². The third-order valence-electron chi connectivity index (χ3n) is 2.53. The summed E-state index contributed by atoms with van der Waals surface area (Å²) in [7, 11) is 1.46. The fraction of sp³-hybridized carbons (Fsp3) is 0.556. The maximum atomic E-state index is 11.7. The van der Waals surface area contributed by atoms with Crippen LogP contribution in [0.4, 0.5) is 0 Å². The lowest BCUT2D eigenvalue weighted by atomic mass is 9.82. The number of hydrazine groups is 2. The quantitative estimate of drug-likeness (QED) is 0.234. The fourth-order valence-corrected chi connectivity index (χ4v) is 1.72. The van der Waals surface area contributed by atoms with Gasteiger partial charge in [0.15, 0.2) is 0 Å². The van der Waals surface area contributed by atoms with Crippen molar-refractivity contribution in [3.8, 4) is 0 Å². The Bertz CT molecular complexity index is 288. The van der Waals surface area contributed by atoms with Crippen molar-refractivity contribution in [3.05, 3.63) is 12.2 Å². The molecule has 0 radical (unpaired) electrons. The molecular formula is C9H16N4O2. The second kappa shape index (κ2) is 4.90. The molecule has 5 N–H and O–H groups in total. The molecule has 0 spiro atoms. The summed E-state index contributed by atoms with van der Waals surface area (Å²) < 4.78 is 0. The van der Waals surface area contributed by atoms with Gasteiger partial charge in [-0.1, -0.05) is 12.2 Å². The van der Waals surface area contributed by atoms with Gasteiger partial charge >= 0.3 is 0 Å². The monoisotopic (exact) mass is 212 g/mol. The molecule has 0 aromatic heterocycles. The van der Waals surface area contributed by atoms with E-state index in [0.717, 1.165) is 11.4 Å². The Morgan fingerprint density at radius 3 is 2.73 bits per heavy atom. The molecule has 0 saturated heterocycles. The number of allylic oxidation sites excluding steroid dienone is 1. The van der Waals surface area contributed by atoms with Gasteiger partial charge in [0, 0.05) is 7.05 Å². The Kier molecular flexibility index (Phi) is 3.81. The van der Waals surface area contributed by atoms with Gasteiger partial charge in [-0.3, -0.25) is 20.0 Å². The van der Waals surface area contributed by atoms with Crippen LogP contribution >= 0.6 is 0 Å². The lowest BCUT2D eigenvalue weighted by Gasteiger charge is -2.26. The molecule has 0 saturated carbocycles. The summed E-state index contributed by atoms with van der Waals surface area (Å²) in [6, 6.07) is 0. The van der Waals surface area contributed by atoms with E-state index in [4.69, 9.17) is 11.7 Å². The van der Waals surface area contributed by atoms with Gasteiger partial charge in [-0.25, -0.2) is 11.7 Å². The topological polar surface area (TPSA) is 101 Å². The molecule has 2 atom stereocenters. The zero-order chi connectivity index (χ0) is 11.4. The highest BCUT2D eigenvalue weighted by molar-refractivity contribution is 5.88. The fourth-order valence-electron chi connectivity index (χ4n) is 1.72. The predicted octanol–water partition coefficient (Wildman–Crippen LogP) is -1.11. The Morgan fingerprint density at radius 2 is 2.20 bits per heavy atom. The van der Waals surface area contributed by atoms with Crippen molar-refractivity contribution in [2.75, 3.05) is 7.05 Å². The molecule has 84 valence electrons. The molecule has 0 fully saturated rings. The smallest absolute Gasteiger partial charge is 0.243 e. The lowest BCUT2D eigenvalue weighted by Crippen LogP contribution is -2.46. The number of hydrogen-bond acceptors (Lipinski definition) is 4. The lowest BCUT2D eigenvalue weighted by molar-refractivity contribution is -0.139. The van der Waals surface area contributed by atoms with Gasteiger partial charge in [0.05, 0.1) is 11.8 Å². The minimum Gasteiger partial charge on any atom is -0.294 e. The number of nitrogens with two attached hydrogens (primary N) is 2. The summed E-state index contributed by atoms with van der Waals surface area (Å²) in [5.41, 5.74) is 2.07. The molecule has 0 aromatic carbocycles. The standard InChI is InChI=1S/C9H16N4O2/c1-13(11)9(15)7-5-3-2-4-6(7)8(14)12-10/h3,5-7H,2,4,10-11H2,1H3,(H,12,14). The van der Waals surface area contributed by atoms with Crippen molar-refractivity contribution in [3.63, 3.8) is 0 Å². The first kappa shape index (κ1) is 11.7. The second-order valence-corrected chi connectivity index (χ2v) is 3.60. The van der Waals surface area contributed by atoms with Crippen LogP contribution in [0.3, 0.4) is 0 Å². The molecular weight excluding hydrogens is 196 g/mol. The molecule has 0 heterocycles. The summed E-state index contributed by atoms with van der Waals surface area (Å²) in [6.45, 7) is 0. The van der Waals surface area contributed by atoms with Crippen LogP contribution in [-0.4, -0.2) is 23.9 Å². The normalized spacial score (nSPS) is 24.7. The van der Waals surface area contributed by atoms with Crippen molar-refractivity contribution in [2.24, 2.45) is 23.5 Å². The molecule has 15 heavy (non-hydrogen) atoms. The van der Waals surface area contributed by atoms with Crippen molar-refractivity contribution >= 4 is 11.8 Å². The van der Waals surface area contributed by atoms with E-state index in [9.17, 15) is 9.59 Å². The van der Waals surface area contributed by atoms with Crippen LogP contribution in [0.1, 0.15) is 12.8 Å². The molecule has 1 aliphatic rings. The Labute approximate surface area is 88.2 Å². The van der Waals surface area contributed by atoms with Crippen LogP contribution in [0, 0.1) is 11.8 Å².